The number of amides is 3. The molecule has 0 atom stereocenters. The quantitative estimate of drug-likeness (QED) is 0.652. The van der Waals surface area contributed by atoms with Gasteiger partial charge in [-0.05, 0) is 49.6 Å². The molecule has 2 aromatic rings. The molecular formula is C20H22N4O2. The van der Waals surface area contributed by atoms with Crippen LogP contribution in [0.15, 0.2) is 53.6 Å². The van der Waals surface area contributed by atoms with Crippen molar-refractivity contribution in [3.8, 4) is 0 Å². The Morgan fingerprint density at radius 2 is 1.85 bits per heavy atom. The predicted octanol–water partition coefficient (Wildman–Crippen LogP) is 3.67. The zero-order valence-electron chi connectivity index (χ0n) is 15.0. The van der Waals surface area contributed by atoms with Crippen molar-refractivity contribution in [3.63, 3.8) is 0 Å². The monoisotopic (exact) mass is 350 g/mol. The fourth-order valence-electron chi connectivity index (χ4n) is 2.87. The summed E-state index contributed by atoms with van der Waals surface area (Å²) in [6.07, 6.45) is 1.52. The fraction of sp³-hybridized carbons (Fsp3) is 0.250. The third kappa shape index (κ3) is 4.08. The van der Waals surface area contributed by atoms with Crippen molar-refractivity contribution in [2.75, 3.05) is 16.8 Å². The standard InChI is InChI=1S/C20H22N4O2/c1-14-6-3-4-7-18(14)21-20(26)23-22-15(2)16-9-11-17(12-10-16)24-13-5-8-19(24)25/h3-4,6-7,9-12H,5,8,13H2,1-2H3,(H2,21,23,26). The third-order valence-corrected chi connectivity index (χ3v) is 4.39. The Morgan fingerprint density at radius 3 is 2.50 bits per heavy atom. The Labute approximate surface area is 152 Å². The lowest BCUT2D eigenvalue weighted by Gasteiger charge is -2.15. The van der Waals surface area contributed by atoms with Gasteiger partial charge in [0.25, 0.3) is 0 Å². The molecule has 1 heterocycles. The van der Waals surface area contributed by atoms with Gasteiger partial charge in [0.1, 0.15) is 0 Å². The molecule has 0 aromatic heterocycles. The van der Waals surface area contributed by atoms with E-state index in [9.17, 15) is 9.59 Å². The van der Waals surface area contributed by atoms with Crippen LogP contribution in [-0.4, -0.2) is 24.2 Å². The van der Waals surface area contributed by atoms with Crippen LogP contribution >= 0.6 is 0 Å². The number of anilines is 2. The average molecular weight is 350 g/mol. The molecule has 6 heteroatoms. The molecule has 0 bridgehead atoms. The molecule has 2 aromatic carbocycles. The van der Waals surface area contributed by atoms with Crippen LogP contribution < -0.4 is 15.6 Å². The molecule has 0 saturated carbocycles. The lowest BCUT2D eigenvalue weighted by Crippen LogP contribution is -2.25. The van der Waals surface area contributed by atoms with E-state index in [1.54, 1.807) is 4.90 Å². The van der Waals surface area contributed by atoms with Gasteiger partial charge in [0, 0.05) is 24.3 Å². The summed E-state index contributed by atoms with van der Waals surface area (Å²) in [6, 6.07) is 14.8. The van der Waals surface area contributed by atoms with E-state index in [0.29, 0.717) is 12.1 Å². The number of rotatable bonds is 4. The van der Waals surface area contributed by atoms with E-state index >= 15 is 0 Å². The van der Waals surface area contributed by atoms with E-state index in [0.717, 1.165) is 35.5 Å². The molecule has 3 rings (SSSR count). The first kappa shape index (κ1) is 17.7. The number of hydrogen-bond acceptors (Lipinski definition) is 3. The first-order valence-electron chi connectivity index (χ1n) is 8.62. The summed E-state index contributed by atoms with van der Waals surface area (Å²) < 4.78 is 0. The number of nitrogens with one attached hydrogen (secondary N) is 2. The molecule has 1 saturated heterocycles. The number of hydrazone groups is 1. The minimum absolute atomic E-state index is 0.165. The molecule has 0 aliphatic carbocycles. The highest BCUT2D eigenvalue weighted by atomic mass is 16.2. The fourth-order valence-corrected chi connectivity index (χ4v) is 2.87. The van der Waals surface area contributed by atoms with Crippen molar-refractivity contribution in [1.29, 1.82) is 0 Å². The number of para-hydroxylation sites is 1. The summed E-state index contributed by atoms with van der Waals surface area (Å²) in [4.78, 5) is 25.6. The van der Waals surface area contributed by atoms with E-state index in [2.05, 4.69) is 15.8 Å². The van der Waals surface area contributed by atoms with Gasteiger partial charge in [0.2, 0.25) is 5.91 Å². The largest absolute Gasteiger partial charge is 0.339 e. The summed E-state index contributed by atoms with van der Waals surface area (Å²) in [7, 11) is 0. The van der Waals surface area contributed by atoms with Gasteiger partial charge in [-0.1, -0.05) is 30.3 Å². The SMILES string of the molecule is CC(=NNC(=O)Nc1ccccc1C)c1ccc(N2CCCC2=O)cc1. The summed E-state index contributed by atoms with van der Waals surface area (Å²) in [5.74, 6) is 0.165. The van der Waals surface area contributed by atoms with E-state index in [-0.39, 0.29) is 5.91 Å². The molecule has 0 spiro atoms. The summed E-state index contributed by atoms with van der Waals surface area (Å²) in [5.41, 5.74) is 6.70. The zero-order valence-corrected chi connectivity index (χ0v) is 15.0. The summed E-state index contributed by atoms with van der Waals surface area (Å²) in [6.45, 7) is 4.52. The number of carbonyl (C=O) groups excluding carboxylic acids is 2. The topological polar surface area (TPSA) is 73.8 Å². The Morgan fingerprint density at radius 1 is 1.12 bits per heavy atom. The van der Waals surface area contributed by atoms with Crippen molar-refractivity contribution in [3.05, 3.63) is 59.7 Å². The number of urea groups is 1. The Kier molecular flexibility index (Phi) is 5.31. The Balaban J connectivity index is 1.61. The lowest BCUT2D eigenvalue weighted by molar-refractivity contribution is -0.117. The van der Waals surface area contributed by atoms with Crippen molar-refractivity contribution in [1.82, 2.24) is 5.43 Å². The first-order valence-corrected chi connectivity index (χ1v) is 8.62. The maximum atomic E-state index is 12.0. The van der Waals surface area contributed by atoms with Gasteiger partial charge < -0.3 is 10.2 Å². The molecular weight excluding hydrogens is 328 g/mol. The van der Waals surface area contributed by atoms with Crippen molar-refractivity contribution >= 4 is 29.0 Å². The highest BCUT2D eigenvalue weighted by Crippen LogP contribution is 2.21. The van der Waals surface area contributed by atoms with Gasteiger partial charge >= 0.3 is 6.03 Å². The van der Waals surface area contributed by atoms with Crippen LogP contribution in [-0.2, 0) is 4.79 Å². The van der Waals surface area contributed by atoms with Crippen LogP contribution in [0.1, 0.15) is 30.9 Å². The van der Waals surface area contributed by atoms with Gasteiger partial charge in [-0.25, -0.2) is 10.2 Å². The summed E-state index contributed by atoms with van der Waals surface area (Å²) >= 11 is 0. The number of nitrogens with zero attached hydrogens (tertiary/aromatic N) is 2. The van der Waals surface area contributed by atoms with Crippen LogP contribution in [0.4, 0.5) is 16.2 Å². The van der Waals surface area contributed by atoms with Gasteiger partial charge in [-0.3, -0.25) is 4.79 Å². The van der Waals surface area contributed by atoms with Crippen LogP contribution in [0.3, 0.4) is 0 Å². The minimum atomic E-state index is -0.391. The van der Waals surface area contributed by atoms with Crippen molar-refractivity contribution < 1.29 is 9.59 Å². The van der Waals surface area contributed by atoms with Crippen LogP contribution in [0.5, 0.6) is 0 Å². The second kappa shape index (κ2) is 7.82. The number of hydrogen-bond donors (Lipinski definition) is 2. The minimum Gasteiger partial charge on any atom is -0.312 e. The molecule has 6 nitrogen and oxygen atoms in total. The van der Waals surface area contributed by atoms with Crippen molar-refractivity contribution in [2.45, 2.75) is 26.7 Å². The number of carbonyl (C=O) groups is 2. The molecule has 0 unspecified atom stereocenters. The maximum absolute atomic E-state index is 12.0. The molecule has 0 radical (unpaired) electrons. The highest BCUT2D eigenvalue weighted by Gasteiger charge is 2.21. The number of benzene rings is 2. The van der Waals surface area contributed by atoms with Gasteiger partial charge in [-0.2, -0.15) is 5.10 Å². The molecule has 1 aliphatic heterocycles. The molecule has 26 heavy (non-hydrogen) atoms. The Hall–Kier alpha value is -3.15. The summed E-state index contributed by atoms with van der Waals surface area (Å²) in [5, 5.41) is 6.90. The molecule has 2 N–H and O–H groups in total. The molecule has 1 aliphatic rings. The van der Waals surface area contributed by atoms with E-state index in [4.69, 9.17) is 0 Å². The lowest BCUT2D eigenvalue weighted by atomic mass is 10.1. The molecule has 134 valence electrons. The second-order valence-corrected chi connectivity index (χ2v) is 6.27. The third-order valence-electron chi connectivity index (χ3n) is 4.39. The van der Waals surface area contributed by atoms with E-state index in [1.165, 1.54) is 0 Å². The van der Waals surface area contributed by atoms with Gasteiger partial charge in [0.15, 0.2) is 0 Å². The zero-order chi connectivity index (χ0) is 18.5. The molecule has 1 fully saturated rings. The first-order chi connectivity index (χ1) is 12.5. The average Bonchev–Trinajstić information content (AvgIpc) is 3.08. The van der Waals surface area contributed by atoms with Crippen molar-refractivity contribution in [2.24, 2.45) is 5.10 Å². The second-order valence-electron chi connectivity index (χ2n) is 6.27. The Bertz CT molecular complexity index is 843. The normalized spacial score (nSPS) is 14.5. The van der Waals surface area contributed by atoms with Crippen LogP contribution in [0, 0.1) is 6.92 Å². The van der Waals surface area contributed by atoms with Crippen LogP contribution in [0.2, 0.25) is 0 Å². The smallest absolute Gasteiger partial charge is 0.312 e. The molecule has 3 amide bonds. The van der Waals surface area contributed by atoms with Gasteiger partial charge in [0.05, 0.1) is 5.71 Å². The number of aryl methyl sites for hydroxylation is 1. The van der Waals surface area contributed by atoms with Gasteiger partial charge in [-0.15, -0.1) is 0 Å². The van der Waals surface area contributed by atoms with E-state index in [1.807, 2.05) is 62.4 Å². The maximum Gasteiger partial charge on any atom is 0.339 e. The van der Waals surface area contributed by atoms with E-state index < -0.39 is 6.03 Å². The van der Waals surface area contributed by atoms with Crippen LogP contribution in [0.25, 0.3) is 0 Å². The predicted molar refractivity (Wildman–Crippen MR) is 104 cm³/mol. The highest BCUT2D eigenvalue weighted by molar-refractivity contribution is 6.01.